The van der Waals surface area contributed by atoms with Gasteiger partial charge in [0, 0.05) is 52.1 Å². The monoisotopic (exact) mass is 513 g/mol. The minimum Gasteiger partial charge on any atom is -0.434 e. The summed E-state index contributed by atoms with van der Waals surface area (Å²) in [6.45, 7) is 1.35. The van der Waals surface area contributed by atoms with E-state index in [9.17, 15) is 8.78 Å². The molecule has 0 atom stereocenters. The molecule has 1 fully saturated rings. The zero-order valence-corrected chi connectivity index (χ0v) is 18.5. The quantitative estimate of drug-likeness (QED) is 0.218. The van der Waals surface area contributed by atoms with Gasteiger partial charge < -0.3 is 24.8 Å². The summed E-state index contributed by atoms with van der Waals surface area (Å²) in [5.74, 6) is 1.37. The Morgan fingerprint density at radius 3 is 2.71 bits per heavy atom. The fourth-order valence-electron chi connectivity index (χ4n) is 2.80. The lowest BCUT2D eigenvalue weighted by Gasteiger charge is -2.21. The molecule has 0 amide bonds. The smallest absolute Gasteiger partial charge is 0.387 e. The molecule has 160 valence electrons. The fraction of sp³-hybridized carbons (Fsp3) is 0.632. The summed E-state index contributed by atoms with van der Waals surface area (Å²) in [5.41, 5.74) is 0.639. The van der Waals surface area contributed by atoms with Crippen molar-refractivity contribution in [2.24, 2.45) is 10.9 Å². The molecule has 1 aromatic rings. The maximum absolute atomic E-state index is 12.5. The van der Waals surface area contributed by atoms with E-state index in [2.05, 4.69) is 20.4 Å². The molecule has 1 heterocycles. The van der Waals surface area contributed by atoms with Gasteiger partial charge >= 0.3 is 6.61 Å². The molecule has 1 saturated heterocycles. The number of hydrogen-bond acceptors (Lipinski definition) is 4. The van der Waals surface area contributed by atoms with Crippen LogP contribution in [0.5, 0.6) is 5.75 Å². The molecule has 0 bridgehead atoms. The third-order valence-electron chi connectivity index (χ3n) is 4.31. The van der Waals surface area contributed by atoms with Crippen molar-refractivity contribution in [3.05, 3.63) is 29.8 Å². The zero-order valence-electron chi connectivity index (χ0n) is 16.2. The van der Waals surface area contributed by atoms with E-state index in [1.54, 1.807) is 25.2 Å². The highest BCUT2D eigenvalue weighted by Gasteiger charge is 2.13. The Bertz CT molecular complexity index is 573. The molecule has 0 spiro atoms. The fourth-order valence-corrected chi connectivity index (χ4v) is 2.80. The number of halogens is 3. The average molecular weight is 513 g/mol. The molecule has 0 aromatic heterocycles. The predicted molar refractivity (Wildman–Crippen MR) is 116 cm³/mol. The first-order valence-corrected chi connectivity index (χ1v) is 9.31. The molecule has 1 aliphatic rings. The van der Waals surface area contributed by atoms with Crippen LogP contribution in [0, 0.1) is 5.92 Å². The highest BCUT2D eigenvalue weighted by atomic mass is 127. The van der Waals surface area contributed by atoms with Crippen molar-refractivity contribution >= 4 is 29.9 Å². The lowest BCUT2D eigenvalue weighted by Crippen LogP contribution is -2.37. The minimum atomic E-state index is -2.84. The first-order valence-electron chi connectivity index (χ1n) is 9.31. The highest BCUT2D eigenvalue weighted by molar-refractivity contribution is 14.0. The van der Waals surface area contributed by atoms with E-state index in [1.807, 2.05) is 0 Å². The lowest BCUT2D eigenvalue weighted by molar-refractivity contribution is -0.0504. The molecule has 1 aliphatic heterocycles. The van der Waals surface area contributed by atoms with E-state index in [0.29, 0.717) is 37.1 Å². The third kappa shape index (κ3) is 9.83. The van der Waals surface area contributed by atoms with Gasteiger partial charge in [-0.2, -0.15) is 8.78 Å². The summed E-state index contributed by atoms with van der Waals surface area (Å²) < 4.78 is 40.5. The van der Waals surface area contributed by atoms with Crippen molar-refractivity contribution in [1.82, 2.24) is 10.6 Å². The van der Waals surface area contributed by atoms with Crippen molar-refractivity contribution in [3.63, 3.8) is 0 Å². The Labute approximate surface area is 182 Å². The number of alkyl halides is 2. The number of ether oxygens (including phenoxy) is 3. The van der Waals surface area contributed by atoms with Gasteiger partial charge in [0.1, 0.15) is 5.75 Å². The van der Waals surface area contributed by atoms with Crippen molar-refractivity contribution in [2.45, 2.75) is 32.4 Å². The Morgan fingerprint density at radius 1 is 1.25 bits per heavy atom. The van der Waals surface area contributed by atoms with Gasteiger partial charge in [-0.25, -0.2) is 0 Å². The van der Waals surface area contributed by atoms with Gasteiger partial charge in [-0.1, -0.05) is 18.2 Å². The number of rotatable bonds is 10. The summed E-state index contributed by atoms with van der Waals surface area (Å²) in [7, 11) is 1.67. The molecule has 0 radical (unpaired) electrons. The number of nitrogens with one attached hydrogen (secondary N) is 2. The van der Waals surface area contributed by atoms with Crippen molar-refractivity contribution in [2.75, 3.05) is 40.0 Å². The largest absolute Gasteiger partial charge is 0.434 e. The van der Waals surface area contributed by atoms with Crippen LogP contribution in [0.3, 0.4) is 0 Å². The summed E-state index contributed by atoms with van der Waals surface area (Å²) in [6, 6.07) is 6.70. The molecule has 1 aromatic carbocycles. The molecule has 0 saturated carbocycles. The van der Waals surface area contributed by atoms with Gasteiger partial charge in [0.2, 0.25) is 0 Å². The number of aliphatic imine (C=N–C) groups is 1. The summed E-state index contributed by atoms with van der Waals surface area (Å²) in [5, 5.41) is 6.29. The van der Waals surface area contributed by atoms with Crippen LogP contribution in [0.4, 0.5) is 8.78 Å². The van der Waals surface area contributed by atoms with Crippen molar-refractivity contribution < 1.29 is 23.0 Å². The molecule has 2 N–H and O–H groups in total. The number of guanidine groups is 1. The first kappa shape index (κ1) is 24.8. The first-order chi connectivity index (χ1) is 13.2. The van der Waals surface area contributed by atoms with E-state index in [1.165, 1.54) is 6.07 Å². The van der Waals surface area contributed by atoms with Gasteiger partial charge in [0.25, 0.3) is 0 Å². The summed E-state index contributed by atoms with van der Waals surface area (Å²) in [4.78, 5) is 4.14. The van der Waals surface area contributed by atoms with Crippen LogP contribution in [0.25, 0.3) is 0 Å². The standard InChI is InChI=1S/C19H29F2N3O3.HI/c1-22-19(23-9-4-10-26-14-15-7-11-25-12-8-15)24-13-16-5-2-3-6-17(16)27-18(20)21;/h2-3,5-6,15,18H,4,7-14H2,1H3,(H2,22,23,24);1H. The van der Waals surface area contributed by atoms with Crippen LogP contribution in [0.15, 0.2) is 29.3 Å². The summed E-state index contributed by atoms with van der Waals surface area (Å²) in [6.07, 6.45) is 3.01. The maximum atomic E-state index is 12.5. The second kappa shape index (κ2) is 14.7. The molecule has 0 aliphatic carbocycles. The number of benzene rings is 1. The Morgan fingerprint density at radius 2 is 2.00 bits per heavy atom. The van der Waals surface area contributed by atoms with Gasteiger partial charge in [0.05, 0.1) is 0 Å². The maximum Gasteiger partial charge on any atom is 0.387 e. The molecule has 0 unspecified atom stereocenters. The molecule has 9 heteroatoms. The lowest BCUT2D eigenvalue weighted by atomic mass is 10.0. The number of nitrogens with zero attached hydrogens (tertiary/aromatic N) is 1. The average Bonchev–Trinajstić information content (AvgIpc) is 2.68. The minimum absolute atomic E-state index is 0. The molecular formula is C19H30F2IN3O3. The zero-order chi connectivity index (χ0) is 19.3. The van der Waals surface area contributed by atoms with Crippen LogP contribution in [-0.4, -0.2) is 52.6 Å². The highest BCUT2D eigenvalue weighted by Crippen LogP contribution is 2.19. The van der Waals surface area contributed by atoms with Crippen molar-refractivity contribution in [1.29, 1.82) is 0 Å². The Balaban J connectivity index is 0.00000392. The van der Waals surface area contributed by atoms with E-state index >= 15 is 0 Å². The second-order valence-corrected chi connectivity index (χ2v) is 6.32. The van der Waals surface area contributed by atoms with Gasteiger partial charge in [-0.05, 0) is 31.2 Å². The van der Waals surface area contributed by atoms with Crippen LogP contribution >= 0.6 is 24.0 Å². The van der Waals surface area contributed by atoms with Crippen LogP contribution in [0.2, 0.25) is 0 Å². The van der Waals surface area contributed by atoms with Gasteiger partial charge in [-0.15, -0.1) is 24.0 Å². The topological polar surface area (TPSA) is 64.1 Å². The Hall–Kier alpha value is -1.20. The SMILES string of the molecule is CN=C(NCCCOCC1CCOCC1)NCc1ccccc1OC(F)F.I. The normalized spacial score (nSPS) is 15.2. The van der Waals surface area contributed by atoms with Crippen molar-refractivity contribution in [3.8, 4) is 5.75 Å². The second-order valence-electron chi connectivity index (χ2n) is 6.32. The van der Waals surface area contributed by atoms with E-state index in [0.717, 1.165) is 39.1 Å². The predicted octanol–water partition coefficient (Wildman–Crippen LogP) is 3.40. The van der Waals surface area contributed by atoms with E-state index in [-0.39, 0.29) is 29.7 Å². The number of para-hydroxylation sites is 1. The van der Waals surface area contributed by atoms with Crippen LogP contribution < -0.4 is 15.4 Å². The van der Waals surface area contributed by atoms with E-state index < -0.39 is 6.61 Å². The molecule has 2 rings (SSSR count). The number of hydrogen-bond donors (Lipinski definition) is 2. The van der Waals surface area contributed by atoms with E-state index in [4.69, 9.17) is 9.47 Å². The molecule has 28 heavy (non-hydrogen) atoms. The summed E-state index contributed by atoms with van der Waals surface area (Å²) >= 11 is 0. The van der Waals surface area contributed by atoms with Gasteiger partial charge in [0.15, 0.2) is 5.96 Å². The van der Waals surface area contributed by atoms with Gasteiger partial charge in [-0.3, -0.25) is 4.99 Å². The Kier molecular flexibility index (Phi) is 13.1. The third-order valence-corrected chi connectivity index (χ3v) is 4.31. The molecule has 6 nitrogen and oxygen atoms in total. The van der Waals surface area contributed by atoms with Crippen LogP contribution in [0.1, 0.15) is 24.8 Å². The van der Waals surface area contributed by atoms with Crippen LogP contribution in [-0.2, 0) is 16.0 Å². The molecular weight excluding hydrogens is 483 g/mol.